The Balaban J connectivity index is 0.00000121. The third-order valence-corrected chi connectivity index (χ3v) is 1.35. The van der Waals surface area contributed by atoms with E-state index in [9.17, 15) is 0 Å². The molecule has 0 radical (unpaired) electrons. The Bertz CT molecular complexity index is 207. The number of nitrogens with one attached hydrogen (secondary N) is 1. The van der Waals surface area contributed by atoms with Gasteiger partial charge in [-0.05, 0) is 0 Å². The van der Waals surface area contributed by atoms with Crippen molar-refractivity contribution in [3.63, 3.8) is 0 Å². The summed E-state index contributed by atoms with van der Waals surface area (Å²) in [5, 5.41) is 9.05. The van der Waals surface area contributed by atoms with E-state index in [4.69, 9.17) is 10.9 Å². The number of aliphatic hydroxyl groups is 1. The van der Waals surface area contributed by atoms with Crippen molar-refractivity contribution >= 4 is 0 Å². The van der Waals surface area contributed by atoms with Crippen LogP contribution in [0.1, 0.15) is 0 Å². The third kappa shape index (κ3) is 3.64. The first-order chi connectivity index (χ1) is 5.33. The number of pyridine rings is 1. The Labute approximate surface area is 77.4 Å². The number of nitrogens with zero attached hydrogens (tertiary/aromatic N) is 1. The minimum Gasteiger partial charge on any atom is -1.00 e. The standard InChI is InChI=1S/C7H12N3O.ClH/c8-9-7(11)6-10-4-2-1-3-5-10;/h1-5,7,9,11H,6,8H2;1H/q+1;/p-1. The molecule has 0 saturated heterocycles. The Morgan fingerprint density at radius 3 is 2.42 bits per heavy atom. The first-order valence-electron chi connectivity index (χ1n) is 3.41. The van der Waals surface area contributed by atoms with E-state index in [1.165, 1.54) is 0 Å². The van der Waals surface area contributed by atoms with Crippen LogP contribution in [0, 0.1) is 0 Å². The Morgan fingerprint density at radius 1 is 1.33 bits per heavy atom. The maximum Gasteiger partial charge on any atom is 0.188 e. The molecule has 12 heavy (non-hydrogen) atoms. The summed E-state index contributed by atoms with van der Waals surface area (Å²) in [7, 11) is 0. The monoisotopic (exact) mass is 189 g/mol. The number of aromatic nitrogens is 1. The highest BCUT2D eigenvalue weighted by atomic mass is 35.5. The zero-order chi connectivity index (χ0) is 8.10. The van der Waals surface area contributed by atoms with Gasteiger partial charge in [-0.15, -0.1) is 0 Å². The van der Waals surface area contributed by atoms with Gasteiger partial charge >= 0.3 is 0 Å². The molecule has 4 N–H and O–H groups in total. The van der Waals surface area contributed by atoms with Crippen molar-refractivity contribution in [2.45, 2.75) is 12.8 Å². The van der Waals surface area contributed by atoms with Gasteiger partial charge < -0.3 is 17.5 Å². The second-order valence-electron chi connectivity index (χ2n) is 2.25. The molecule has 1 atom stereocenters. The number of rotatable bonds is 3. The van der Waals surface area contributed by atoms with E-state index in [1.807, 2.05) is 35.2 Å². The lowest BCUT2D eigenvalue weighted by molar-refractivity contribution is -0.704. The molecule has 68 valence electrons. The molecule has 1 heterocycles. The van der Waals surface area contributed by atoms with Crippen LogP contribution in [0.5, 0.6) is 0 Å². The fourth-order valence-electron chi connectivity index (χ4n) is 0.808. The first kappa shape index (κ1) is 11.3. The minimum atomic E-state index is -0.692. The fourth-order valence-corrected chi connectivity index (χ4v) is 0.808. The smallest absolute Gasteiger partial charge is 0.188 e. The topological polar surface area (TPSA) is 62.2 Å². The van der Waals surface area contributed by atoms with Crippen molar-refractivity contribution in [1.29, 1.82) is 0 Å². The predicted octanol–water partition coefficient (Wildman–Crippen LogP) is -4.24. The average Bonchev–Trinajstić information content (AvgIpc) is 2.06. The number of hydrogen-bond acceptors (Lipinski definition) is 3. The van der Waals surface area contributed by atoms with Gasteiger partial charge in [-0.2, -0.15) is 0 Å². The van der Waals surface area contributed by atoms with E-state index in [-0.39, 0.29) is 12.4 Å². The first-order valence-corrected chi connectivity index (χ1v) is 3.41. The van der Waals surface area contributed by atoms with E-state index in [1.54, 1.807) is 0 Å². The molecule has 1 unspecified atom stereocenters. The van der Waals surface area contributed by atoms with Crippen LogP contribution >= 0.6 is 0 Å². The third-order valence-electron chi connectivity index (χ3n) is 1.35. The van der Waals surface area contributed by atoms with Crippen molar-refractivity contribution in [1.82, 2.24) is 5.43 Å². The van der Waals surface area contributed by atoms with Crippen LogP contribution in [0.15, 0.2) is 30.6 Å². The van der Waals surface area contributed by atoms with Crippen LogP contribution in [0.25, 0.3) is 0 Å². The number of nitrogens with two attached hydrogens (primary N) is 1. The summed E-state index contributed by atoms with van der Waals surface area (Å²) < 4.78 is 1.84. The van der Waals surface area contributed by atoms with Gasteiger partial charge in [0.15, 0.2) is 25.2 Å². The second-order valence-corrected chi connectivity index (χ2v) is 2.25. The maximum absolute atomic E-state index is 9.05. The fraction of sp³-hybridized carbons (Fsp3) is 0.286. The summed E-state index contributed by atoms with van der Waals surface area (Å²) in [4.78, 5) is 0. The molecular formula is C7H12ClN3O. The normalized spacial score (nSPS) is 11.8. The van der Waals surface area contributed by atoms with Gasteiger partial charge in [0.1, 0.15) is 0 Å². The average molecular weight is 190 g/mol. The minimum absolute atomic E-state index is 0. The largest absolute Gasteiger partial charge is 1.00 e. The van der Waals surface area contributed by atoms with Gasteiger partial charge in [-0.25, -0.2) is 9.99 Å². The molecule has 4 nitrogen and oxygen atoms in total. The molecule has 0 fully saturated rings. The van der Waals surface area contributed by atoms with Crippen molar-refractivity contribution in [3.05, 3.63) is 30.6 Å². The summed E-state index contributed by atoms with van der Waals surface area (Å²) in [5.74, 6) is 5.01. The van der Waals surface area contributed by atoms with Gasteiger partial charge in [0.25, 0.3) is 0 Å². The SMILES string of the molecule is NNC(O)C[n+]1ccccc1.[Cl-]. The lowest BCUT2D eigenvalue weighted by Crippen LogP contribution is -3.00. The van der Waals surface area contributed by atoms with Crippen LogP contribution in [0.3, 0.4) is 0 Å². The number of hydrogen-bond donors (Lipinski definition) is 3. The molecule has 1 aromatic heterocycles. The molecular weight excluding hydrogens is 178 g/mol. The zero-order valence-electron chi connectivity index (χ0n) is 6.52. The molecule has 0 aliphatic rings. The highest BCUT2D eigenvalue weighted by molar-refractivity contribution is 4.83. The lowest BCUT2D eigenvalue weighted by Gasteiger charge is -2.03. The zero-order valence-corrected chi connectivity index (χ0v) is 7.28. The molecule has 1 rings (SSSR count). The summed E-state index contributed by atoms with van der Waals surface area (Å²) in [6, 6.07) is 5.70. The number of aliphatic hydroxyl groups excluding tert-OH is 1. The second kappa shape index (κ2) is 5.91. The Morgan fingerprint density at radius 2 is 1.92 bits per heavy atom. The van der Waals surface area contributed by atoms with Crippen molar-refractivity contribution in [3.8, 4) is 0 Å². The van der Waals surface area contributed by atoms with Crippen LogP contribution in [-0.4, -0.2) is 11.3 Å². The van der Waals surface area contributed by atoms with Crippen LogP contribution < -0.4 is 28.2 Å². The summed E-state index contributed by atoms with van der Waals surface area (Å²) in [5.41, 5.74) is 2.25. The lowest BCUT2D eigenvalue weighted by atomic mass is 10.4. The van der Waals surface area contributed by atoms with Crippen LogP contribution in [0.2, 0.25) is 0 Å². The van der Waals surface area contributed by atoms with Crippen LogP contribution in [0.4, 0.5) is 0 Å². The quantitative estimate of drug-likeness (QED) is 0.196. The van der Waals surface area contributed by atoms with E-state index >= 15 is 0 Å². The number of halogens is 1. The molecule has 0 amide bonds. The number of hydrazine groups is 1. The molecule has 0 bridgehead atoms. The summed E-state index contributed by atoms with van der Waals surface area (Å²) in [6.45, 7) is 0.456. The molecule has 0 aromatic carbocycles. The summed E-state index contributed by atoms with van der Waals surface area (Å²) in [6.07, 6.45) is 3.03. The van der Waals surface area contributed by atoms with Crippen molar-refractivity contribution < 1.29 is 22.1 Å². The van der Waals surface area contributed by atoms with E-state index in [0.717, 1.165) is 0 Å². The van der Waals surface area contributed by atoms with Gasteiger partial charge in [0.05, 0.1) is 0 Å². The Hall–Kier alpha value is -0.680. The van der Waals surface area contributed by atoms with Gasteiger partial charge in [-0.3, -0.25) is 5.84 Å². The highest BCUT2D eigenvalue weighted by Gasteiger charge is 2.05. The molecule has 0 spiro atoms. The van der Waals surface area contributed by atoms with Gasteiger partial charge in [-0.1, -0.05) is 6.07 Å². The van der Waals surface area contributed by atoms with Crippen molar-refractivity contribution in [2.24, 2.45) is 5.84 Å². The van der Waals surface area contributed by atoms with E-state index in [0.29, 0.717) is 6.54 Å². The van der Waals surface area contributed by atoms with Gasteiger partial charge in [0, 0.05) is 12.1 Å². The predicted molar refractivity (Wildman–Crippen MR) is 40.0 cm³/mol. The van der Waals surface area contributed by atoms with E-state index < -0.39 is 6.23 Å². The molecule has 0 aliphatic carbocycles. The van der Waals surface area contributed by atoms with Crippen LogP contribution in [-0.2, 0) is 6.54 Å². The molecule has 0 saturated carbocycles. The van der Waals surface area contributed by atoms with Crippen molar-refractivity contribution in [2.75, 3.05) is 0 Å². The molecule has 5 heteroatoms. The summed E-state index contributed by atoms with van der Waals surface area (Å²) >= 11 is 0. The molecule has 0 aliphatic heterocycles. The Kier molecular flexibility index (Phi) is 5.57. The van der Waals surface area contributed by atoms with E-state index in [2.05, 4.69) is 5.43 Å². The highest BCUT2D eigenvalue weighted by Crippen LogP contribution is 1.78. The van der Waals surface area contributed by atoms with Gasteiger partial charge in [0.2, 0.25) is 0 Å². The maximum atomic E-state index is 9.05. The molecule has 1 aromatic rings.